The van der Waals surface area contributed by atoms with E-state index in [1.165, 1.54) is 11.1 Å². The molecule has 2 heteroatoms. The fourth-order valence-corrected chi connectivity index (χ4v) is 2.42. The Balaban J connectivity index is 2.01. The van der Waals surface area contributed by atoms with Crippen molar-refractivity contribution in [3.8, 4) is 0 Å². The van der Waals surface area contributed by atoms with Crippen molar-refractivity contribution in [1.82, 2.24) is 4.90 Å². The second-order valence-electron chi connectivity index (χ2n) is 5.50. The summed E-state index contributed by atoms with van der Waals surface area (Å²) in [7, 11) is 4.20. The molecule has 108 valence electrons. The molecular weight excluding hydrogens is 246 g/mol. The van der Waals surface area contributed by atoms with Gasteiger partial charge in [-0.25, -0.2) is 0 Å². The van der Waals surface area contributed by atoms with Crippen LogP contribution in [-0.2, 0) is 4.74 Å². The quantitative estimate of drug-likeness (QED) is 0.696. The van der Waals surface area contributed by atoms with E-state index in [0.29, 0.717) is 0 Å². The lowest BCUT2D eigenvalue weighted by Crippen LogP contribution is -2.16. The first kappa shape index (κ1) is 15.0. The van der Waals surface area contributed by atoms with Gasteiger partial charge in [0.05, 0.1) is 0 Å². The Hall–Kier alpha value is -1.38. The molecule has 2 nitrogen and oxygen atoms in total. The summed E-state index contributed by atoms with van der Waals surface area (Å²) in [6.45, 7) is 1.86. The van der Waals surface area contributed by atoms with Crippen LogP contribution in [-0.4, -0.2) is 32.1 Å². The molecule has 1 aromatic carbocycles. The van der Waals surface area contributed by atoms with E-state index >= 15 is 0 Å². The normalized spacial score (nSPS) is 16.2. The highest BCUT2D eigenvalue weighted by Gasteiger charge is 2.16. The molecule has 0 saturated heterocycles. The lowest BCUT2D eigenvalue weighted by atomic mass is 9.96. The van der Waals surface area contributed by atoms with Crippen LogP contribution in [0.15, 0.2) is 54.1 Å². The molecule has 0 saturated carbocycles. The van der Waals surface area contributed by atoms with Crippen LogP contribution in [0.1, 0.15) is 30.9 Å². The molecule has 20 heavy (non-hydrogen) atoms. The van der Waals surface area contributed by atoms with E-state index in [1.807, 2.05) is 0 Å². The van der Waals surface area contributed by atoms with Gasteiger partial charge in [0.15, 0.2) is 0 Å². The van der Waals surface area contributed by atoms with E-state index in [1.54, 1.807) is 0 Å². The highest BCUT2D eigenvalue weighted by molar-refractivity contribution is 5.34. The zero-order chi connectivity index (χ0) is 14.2. The zero-order valence-corrected chi connectivity index (χ0v) is 12.6. The first-order valence-corrected chi connectivity index (χ1v) is 7.45. The van der Waals surface area contributed by atoms with Gasteiger partial charge in [-0.1, -0.05) is 48.6 Å². The van der Waals surface area contributed by atoms with Gasteiger partial charge in [0.2, 0.25) is 0 Å². The van der Waals surface area contributed by atoms with Crippen molar-refractivity contribution in [3.63, 3.8) is 0 Å². The first-order valence-electron chi connectivity index (χ1n) is 7.45. The number of nitrogens with zero attached hydrogens (tertiary/aromatic N) is 1. The average molecular weight is 271 g/mol. The summed E-state index contributed by atoms with van der Waals surface area (Å²) in [5, 5.41) is 0. The third-order valence-corrected chi connectivity index (χ3v) is 3.46. The van der Waals surface area contributed by atoms with E-state index in [2.05, 4.69) is 67.6 Å². The molecule has 0 radical (unpaired) electrons. The molecule has 0 aromatic heterocycles. The Morgan fingerprint density at radius 2 is 1.95 bits per heavy atom. The molecule has 1 aliphatic rings. The highest BCUT2D eigenvalue weighted by atomic mass is 16.5. The van der Waals surface area contributed by atoms with Crippen molar-refractivity contribution in [2.75, 3.05) is 27.2 Å². The summed E-state index contributed by atoms with van der Waals surface area (Å²) in [6.07, 6.45) is 10.2. The van der Waals surface area contributed by atoms with Gasteiger partial charge in [0.1, 0.15) is 6.10 Å². The van der Waals surface area contributed by atoms with E-state index in [-0.39, 0.29) is 6.10 Å². The van der Waals surface area contributed by atoms with Gasteiger partial charge in [-0.15, -0.1) is 0 Å². The van der Waals surface area contributed by atoms with Gasteiger partial charge in [0.25, 0.3) is 0 Å². The topological polar surface area (TPSA) is 12.5 Å². The molecule has 0 bridgehead atoms. The Kier molecular flexibility index (Phi) is 6.03. The van der Waals surface area contributed by atoms with Gasteiger partial charge < -0.3 is 9.64 Å². The molecule has 0 spiro atoms. The molecule has 0 amide bonds. The van der Waals surface area contributed by atoms with Crippen molar-refractivity contribution < 1.29 is 4.74 Å². The van der Waals surface area contributed by atoms with Gasteiger partial charge >= 0.3 is 0 Å². The maximum atomic E-state index is 6.17. The molecule has 0 heterocycles. The highest BCUT2D eigenvalue weighted by Crippen LogP contribution is 2.29. The van der Waals surface area contributed by atoms with Crippen LogP contribution >= 0.6 is 0 Å². The molecule has 1 atom stereocenters. The summed E-state index contributed by atoms with van der Waals surface area (Å²) >= 11 is 0. The molecule has 1 aromatic rings. The number of rotatable bonds is 7. The number of hydrogen-bond acceptors (Lipinski definition) is 2. The van der Waals surface area contributed by atoms with Crippen molar-refractivity contribution >= 4 is 0 Å². The summed E-state index contributed by atoms with van der Waals surface area (Å²) in [5.74, 6) is 0. The van der Waals surface area contributed by atoms with Gasteiger partial charge in [-0.2, -0.15) is 0 Å². The van der Waals surface area contributed by atoms with Crippen LogP contribution in [0.4, 0.5) is 0 Å². The van der Waals surface area contributed by atoms with Crippen molar-refractivity contribution in [3.05, 3.63) is 59.7 Å². The number of benzene rings is 1. The summed E-state index contributed by atoms with van der Waals surface area (Å²) in [4.78, 5) is 2.20. The van der Waals surface area contributed by atoms with Crippen LogP contribution in [0.25, 0.3) is 0 Å². The van der Waals surface area contributed by atoms with E-state index in [4.69, 9.17) is 4.74 Å². The fraction of sp³-hybridized carbons (Fsp3) is 0.444. The minimum Gasteiger partial charge on any atom is -0.369 e. The molecule has 1 aliphatic carbocycles. The summed E-state index contributed by atoms with van der Waals surface area (Å²) < 4.78 is 6.17. The second-order valence-corrected chi connectivity index (χ2v) is 5.50. The lowest BCUT2D eigenvalue weighted by Gasteiger charge is -2.22. The standard InChI is InChI=1S/C18H25NO/c1-19(2)14-9-15-20-18(16-10-5-3-6-11-16)17-12-7-4-8-13-17/h3,5-7,10-13,18H,4,8-9,14-15H2,1-2H3. The van der Waals surface area contributed by atoms with Crippen LogP contribution in [0.5, 0.6) is 0 Å². The predicted molar refractivity (Wildman–Crippen MR) is 84.8 cm³/mol. The number of ether oxygens (including phenoxy) is 1. The average Bonchev–Trinajstić information content (AvgIpc) is 2.49. The largest absolute Gasteiger partial charge is 0.369 e. The van der Waals surface area contributed by atoms with E-state index in [0.717, 1.165) is 32.4 Å². The molecule has 0 aliphatic heterocycles. The third-order valence-electron chi connectivity index (χ3n) is 3.46. The number of allylic oxidation sites excluding steroid dienone is 2. The van der Waals surface area contributed by atoms with Gasteiger partial charge in [-0.05, 0) is 51.0 Å². The van der Waals surface area contributed by atoms with Gasteiger partial charge in [0, 0.05) is 6.61 Å². The maximum Gasteiger partial charge on any atom is 0.107 e. The monoisotopic (exact) mass is 271 g/mol. The van der Waals surface area contributed by atoms with Gasteiger partial charge in [-0.3, -0.25) is 0 Å². The van der Waals surface area contributed by atoms with E-state index < -0.39 is 0 Å². The SMILES string of the molecule is CN(C)CCCOC(C1=CCCC=C1)c1ccccc1. The Bertz CT molecular complexity index is 448. The minimum absolute atomic E-state index is 0.0786. The fourth-order valence-electron chi connectivity index (χ4n) is 2.42. The zero-order valence-electron chi connectivity index (χ0n) is 12.6. The predicted octanol–water partition coefficient (Wildman–Crippen LogP) is 3.97. The minimum atomic E-state index is 0.0786. The van der Waals surface area contributed by atoms with Crippen LogP contribution in [0.3, 0.4) is 0 Å². The van der Waals surface area contributed by atoms with Crippen molar-refractivity contribution in [2.45, 2.75) is 25.4 Å². The molecular formula is C18H25NO. The third kappa shape index (κ3) is 4.62. The maximum absolute atomic E-state index is 6.17. The smallest absolute Gasteiger partial charge is 0.107 e. The first-order chi connectivity index (χ1) is 9.77. The van der Waals surface area contributed by atoms with Crippen LogP contribution in [0.2, 0.25) is 0 Å². The van der Waals surface area contributed by atoms with Crippen LogP contribution < -0.4 is 0 Å². The summed E-state index contributed by atoms with van der Waals surface area (Å²) in [6, 6.07) is 10.5. The van der Waals surface area contributed by atoms with Crippen LogP contribution in [0, 0.1) is 0 Å². The molecule has 1 unspecified atom stereocenters. The van der Waals surface area contributed by atoms with E-state index in [9.17, 15) is 0 Å². The lowest BCUT2D eigenvalue weighted by molar-refractivity contribution is 0.0736. The Labute approximate surface area is 122 Å². The Morgan fingerprint density at radius 1 is 1.15 bits per heavy atom. The van der Waals surface area contributed by atoms with Crippen molar-refractivity contribution in [2.24, 2.45) is 0 Å². The summed E-state index contributed by atoms with van der Waals surface area (Å²) in [5.41, 5.74) is 2.54. The molecule has 0 N–H and O–H groups in total. The second kappa shape index (κ2) is 8.03. The number of hydrogen-bond donors (Lipinski definition) is 0. The molecule has 0 fully saturated rings. The van der Waals surface area contributed by atoms with Crippen molar-refractivity contribution in [1.29, 1.82) is 0 Å². The Morgan fingerprint density at radius 3 is 2.60 bits per heavy atom. The molecule has 2 rings (SSSR count).